The summed E-state index contributed by atoms with van der Waals surface area (Å²) in [6.45, 7) is 12.4. The number of fused-ring (bicyclic) bond motifs is 2. The van der Waals surface area contributed by atoms with Crippen LogP contribution in [0.4, 0.5) is 0 Å². The normalized spacial score (nSPS) is 18.7. The highest BCUT2D eigenvalue weighted by Crippen LogP contribution is 2.47. The van der Waals surface area contributed by atoms with E-state index >= 15 is 0 Å². The Morgan fingerprint density at radius 3 is 2.10 bits per heavy atom. The maximum absolute atomic E-state index is 14.1. The van der Waals surface area contributed by atoms with Gasteiger partial charge in [-0.2, -0.15) is 0 Å². The van der Waals surface area contributed by atoms with Crippen LogP contribution in [0.2, 0.25) is 0 Å². The molecule has 2 aliphatic heterocycles. The second kappa shape index (κ2) is 9.51. The minimum absolute atomic E-state index is 0.134. The summed E-state index contributed by atoms with van der Waals surface area (Å²) in [7, 11) is 3.57. The Balaban J connectivity index is 2.00. The van der Waals surface area contributed by atoms with E-state index < -0.39 is 0 Å². The van der Waals surface area contributed by atoms with Crippen molar-refractivity contribution in [3.05, 3.63) is 117 Å². The lowest BCUT2D eigenvalue weighted by atomic mass is 9.76. The number of aromatic nitrogens is 1. The Labute approximate surface area is 236 Å². The Morgan fingerprint density at radius 2 is 1.48 bits per heavy atom. The van der Waals surface area contributed by atoms with Crippen molar-refractivity contribution in [2.75, 3.05) is 7.05 Å². The Bertz CT molecular complexity index is 1650. The van der Waals surface area contributed by atoms with Gasteiger partial charge in [0.25, 0.3) is 11.5 Å². The van der Waals surface area contributed by atoms with Crippen molar-refractivity contribution in [2.24, 2.45) is 13.0 Å². The van der Waals surface area contributed by atoms with Crippen LogP contribution >= 0.6 is 0 Å². The first-order chi connectivity index (χ1) is 18.7. The number of hydrogen-bond acceptors (Lipinski definition) is 3. The van der Waals surface area contributed by atoms with Crippen LogP contribution in [0.1, 0.15) is 63.8 Å². The zero-order valence-corrected chi connectivity index (χ0v) is 24.7. The summed E-state index contributed by atoms with van der Waals surface area (Å²) in [5, 5.41) is 11.5. The molecule has 1 fully saturated rings. The topological polar surface area (TPSA) is 62.5 Å². The van der Waals surface area contributed by atoms with E-state index in [-0.39, 0.29) is 34.0 Å². The number of phenols is 1. The third kappa shape index (κ3) is 4.34. The second-order valence-electron chi connectivity index (χ2n) is 12.9. The molecule has 1 amide bonds. The van der Waals surface area contributed by atoms with Crippen molar-refractivity contribution in [1.82, 2.24) is 9.47 Å². The average Bonchev–Trinajstić information content (AvgIpc) is 3.12. The number of carbonyl (C=O) groups excluding carboxylic acids is 1. The van der Waals surface area contributed by atoms with Gasteiger partial charge in [0.1, 0.15) is 5.75 Å². The summed E-state index contributed by atoms with van der Waals surface area (Å²) in [4.78, 5) is 29.9. The van der Waals surface area contributed by atoms with Gasteiger partial charge in [-0.15, -0.1) is 0 Å². The molecule has 2 heterocycles. The van der Waals surface area contributed by atoms with E-state index in [0.29, 0.717) is 16.7 Å². The maximum Gasteiger partial charge on any atom is 0.259 e. The van der Waals surface area contributed by atoms with Gasteiger partial charge in [-0.05, 0) is 40.7 Å². The molecule has 0 radical (unpaired) electrons. The first-order valence-corrected chi connectivity index (χ1v) is 13.8. The van der Waals surface area contributed by atoms with Gasteiger partial charge in [0.2, 0.25) is 0 Å². The second-order valence-corrected chi connectivity index (χ2v) is 12.9. The molecule has 40 heavy (non-hydrogen) atoms. The maximum atomic E-state index is 14.1. The third-order valence-electron chi connectivity index (χ3n) is 8.04. The van der Waals surface area contributed by atoms with Crippen LogP contribution in [-0.2, 0) is 22.7 Å². The third-order valence-corrected chi connectivity index (χ3v) is 8.04. The number of hydrogen-bond donors (Lipinski definition) is 1. The minimum atomic E-state index is -0.380. The largest absolute Gasteiger partial charge is 0.507 e. The zero-order chi connectivity index (χ0) is 29.1. The highest BCUT2D eigenvalue weighted by molar-refractivity contribution is 6.10. The number of likely N-dealkylation sites (tertiary alicyclic amines) is 1. The number of amides is 1. The van der Waals surface area contributed by atoms with E-state index in [1.807, 2.05) is 72.8 Å². The standard InChI is InChI=1S/C35H38N2O3/c1-34(2,3)24-19-21(20-25(31(24)38)35(4,5)6)28(29-22-15-11-9-13-17-26(22)36(7)32(29)39)30-23-16-12-10-14-18-27(23)37(8)33(30)40/h9-20,22,38H,1-8H3. The fourth-order valence-corrected chi connectivity index (χ4v) is 5.89. The number of allylic oxidation sites excluding steroid dienone is 5. The molecule has 0 aromatic heterocycles. The average molecular weight is 535 g/mol. The number of phenolic OH excluding ortho intramolecular Hbond substituents is 1. The summed E-state index contributed by atoms with van der Waals surface area (Å²) >= 11 is 0. The predicted octanol–water partition coefficient (Wildman–Crippen LogP) is 6.69. The van der Waals surface area contributed by atoms with E-state index in [1.165, 1.54) is 0 Å². The quantitative estimate of drug-likeness (QED) is 0.373. The Kier molecular flexibility index (Phi) is 6.53. The van der Waals surface area contributed by atoms with E-state index in [4.69, 9.17) is 0 Å². The van der Waals surface area contributed by atoms with Crippen molar-refractivity contribution in [2.45, 2.75) is 52.4 Å². The fraction of sp³-hybridized carbons (Fsp3) is 0.314. The van der Waals surface area contributed by atoms with Crippen LogP contribution in [0.3, 0.4) is 0 Å². The number of benzene rings is 1. The molecule has 5 rings (SSSR count). The highest BCUT2D eigenvalue weighted by atomic mass is 16.3. The monoisotopic (exact) mass is 534 g/mol. The van der Waals surface area contributed by atoms with Gasteiger partial charge in [-0.3, -0.25) is 9.59 Å². The van der Waals surface area contributed by atoms with Crippen LogP contribution in [0.5, 0.6) is 5.75 Å². The smallest absolute Gasteiger partial charge is 0.259 e. The van der Waals surface area contributed by atoms with Crippen molar-refractivity contribution in [1.29, 1.82) is 0 Å². The molecule has 5 heteroatoms. The Hall–Kier alpha value is -4.12. The molecule has 5 nitrogen and oxygen atoms in total. The van der Waals surface area contributed by atoms with Gasteiger partial charge in [-0.1, -0.05) is 90.1 Å². The number of aromatic hydroxyl groups is 1. The molecule has 1 saturated heterocycles. The summed E-state index contributed by atoms with van der Waals surface area (Å²) in [6.07, 6.45) is 9.83. The molecular weight excluding hydrogens is 496 g/mol. The lowest BCUT2D eigenvalue weighted by Gasteiger charge is -2.29. The van der Waals surface area contributed by atoms with Crippen LogP contribution in [0, 0.1) is 5.92 Å². The Morgan fingerprint density at radius 1 is 0.850 bits per heavy atom. The molecule has 4 aliphatic rings. The number of carbonyl (C=O) groups is 1. The van der Waals surface area contributed by atoms with Crippen molar-refractivity contribution in [3.63, 3.8) is 0 Å². The summed E-state index contributed by atoms with van der Waals surface area (Å²) in [5.74, 6) is -0.195. The summed E-state index contributed by atoms with van der Waals surface area (Å²) in [5.41, 5.74) is 5.52. The molecule has 1 N–H and O–H groups in total. The lowest BCUT2D eigenvalue weighted by Crippen LogP contribution is -2.21. The van der Waals surface area contributed by atoms with Gasteiger partial charge < -0.3 is 14.6 Å². The van der Waals surface area contributed by atoms with Gasteiger partial charge in [0, 0.05) is 53.5 Å². The minimum Gasteiger partial charge on any atom is -0.507 e. The van der Waals surface area contributed by atoms with E-state index in [2.05, 4.69) is 41.5 Å². The van der Waals surface area contributed by atoms with Crippen LogP contribution < -0.4 is 5.56 Å². The van der Waals surface area contributed by atoms with Gasteiger partial charge in [0.15, 0.2) is 0 Å². The molecule has 1 atom stereocenters. The first kappa shape index (κ1) is 27.4. The molecular formula is C35H38N2O3. The van der Waals surface area contributed by atoms with E-state index in [0.717, 1.165) is 33.6 Å². The number of rotatable bonds is 2. The SMILES string of the molecule is CN1C(=O)C(=C(c2cc(C(C)(C)C)c(O)c(C(C)(C)C)c2)c2c3cccccc-3n(C)c2=O)C2C=CC=CC=C21. The molecule has 206 valence electrons. The molecule has 1 aromatic carbocycles. The van der Waals surface area contributed by atoms with E-state index in [1.54, 1.807) is 23.6 Å². The van der Waals surface area contributed by atoms with E-state index in [9.17, 15) is 14.7 Å². The number of likely N-dealkylation sites (N-methyl/N-ethyl adjacent to an activating group) is 1. The van der Waals surface area contributed by atoms with Crippen LogP contribution in [0.15, 0.2) is 88.9 Å². The number of nitrogens with zero attached hydrogens (tertiary/aromatic N) is 2. The van der Waals surface area contributed by atoms with Crippen molar-refractivity contribution in [3.8, 4) is 17.0 Å². The van der Waals surface area contributed by atoms with Gasteiger partial charge in [-0.25, -0.2) is 0 Å². The molecule has 0 spiro atoms. The molecule has 0 saturated carbocycles. The van der Waals surface area contributed by atoms with Crippen molar-refractivity contribution >= 4 is 11.5 Å². The molecule has 1 aromatic rings. The van der Waals surface area contributed by atoms with Gasteiger partial charge >= 0.3 is 0 Å². The predicted molar refractivity (Wildman–Crippen MR) is 162 cm³/mol. The highest BCUT2D eigenvalue weighted by Gasteiger charge is 2.41. The molecule has 1 unspecified atom stereocenters. The van der Waals surface area contributed by atoms with Crippen LogP contribution in [0.25, 0.3) is 16.8 Å². The molecule has 2 aliphatic carbocycles. The van der Waals surface area contributed by atoms with Gasteiger partial charge in [0.05, 0.1) is 11.3 Å². The molecule has 0 bridgehead atoms. The van der Waals surface area contributed by atoms with Crippen LogP contribution in [-0.4, -0.2) is 27.5 Å². The van der Waals surface area contributed by atoms with Crippen molar-refractivity contribution < 1.29 is 9.90 Å². The first-order valence-electron chi connectivity index (χ1n) is 13.8. The lowest BCUT2D eigenvalue weighted by molar-refractivity contribution is -0.122. The fourth-order valence-electron chi connectivity index (χ4n) is 5.89. The summed E-state index contributed by atoms with van der Waals surface area (Å²) in [6, 6.07) is 13.6. The summed E-state index contributed by atoms with van der Waals surface area (Å²) < 4.78 is 1.66. The zero-order valence-electron chi connectivity index (χ0n) is 24.7.